The Balaban J connectivity index is 2.73. The van der Waals surface area contributed by atoms with Gasteiger partial charge in [0.05, 0.1) is 6.54 Å². The van der Waals surface area contributed by atoms with Crippen LogP contribution in [0.2, 0.25) is 0 Å². The number of hydrogen-bond acceptors (Lipinski definition) is 5. The molecular weight excluding hydrogens is 292 g/mol. The molecule has 21 heavy (non-hydrogen) atoms. The van der Waals surface area contributed by atoms with E-state index < -0.39 is 10.0 Å². The van der Waals surface area contributed by atoms with Crippen molar-refractivity contribution in [2.75, 3.05) is 13.2 Å². The molecule has 1 aromatic heterocycles. The Morgan fingerprint density at radius 2 is 2.05 bits per heavy atom. The van der Waals surface area contributed by atoms with Crippen LogP contribution < -0.4 is 10.0 Å². The molecule has 0 aliphatic rings. The minimum atomic E-state index is -3.69. The quantitative estimate of drug-likeness (QED) is 0.568. The van der Waals surface area contributed by atoms with Gasteiger partial charge in [-0.2, -0.15) is 0 Å². The van der Waals surface area contributed by atoms with E-state index >= 15 is 0 Å². The van der Waals surface area contributed by atoms with Crippen LogP contribution in [-0.4, -0.2) is 32.7 Å². The van der Waals surface area contributed by atoms with Gasteiger partial charge < -0.3 is 14.8 Å². The summed E-state index contributed by atoms with van der Waals surface area (Å²) in [6, 6.07) is 2.81. The number of sulfonamides is 1. The SMILES string of the molecule is CCCNCc1ccc(S(=O)(=O)NC(CCO)C(C)C)o1. The molecule has 6 nitrogen and oxygen atoms in total. The van der Waals surface area contributed by atoms with Crippen molar-refractivity contribution in [1.82, 2.24) is 10.0 Å². The van der Waals surface area contributed by atoms with E-state index in [1.54, 1.807) is 6.07 Å². The number of aliphatic hydroxyl groups is 1. The van der Waals surface area contributed by atoms with Gasteiger partial charge in [0, 0.05) is 12.6 Å². The molecule has 0 aromatic carbocycles. The van der Waals surface area contributed by atoms with E-state index in [1.807, 2.05) is 13.8 Å². The summed E-state index contributed by atoms with van der Waals surface area (Å²) in [6.45, 7) is 7.18. The molecule has 0 fully saturated rings. The smallest absolute Gasteiger partial charge is 0.274 e. The maximum Gasteiger partial charge on any atom is 0.274 e. The van der Waals surface area contributed by atoms with Gasteiger partial charge >= 0.3 is 0 Å². The molecular formula is C14H26N2O4S. The van der Waals surface area contributed by atoms with Gasteiger partial charge in [-0.3, -0.25) is 0 Å². The van der Waals surface area contributed by atoms with Gasteiger partial charge in [0.15, 0.2) is 0 Å². The molecule has 0 bridgehead atoms. The van der Waals surface area contributed by atoms with Gasteiger partial charge in [0.25, 0.3) is 10.0 Å². The molecule has 0 radical (unpaired) electrons. The molecule has 0 saturated carbocycles. The Labute approximate surface area is 127 Å². The Morgan fingerprint density at radius 3 is 2.62 bits per heavy atom. The highest BCUT2D eigenvalue weighted by Crippen LogP contribution is 2.16. The number of hydrogen-bond donors (Lipinski definition) is 3. The summed E-state index contributed by atoms with van der Waals surface area (Å²) >= 11 is 0. The monoisotopic (exact) mass is 318 g/mol. The fourth-order valence-electron chi connectivity index (χ4n) is 1.91. The topological polar surface area (TPSA) is 91.6 Å². The zero-order valence-corrected chi connectivity index (χ0v) is 13.7. The molecule has 0 aliphatic heterocycles. The maximum atomic E-state index is 12.3. The number of rotatable bonds is 10. The van der Waals surface area contributed by atoms with Crippen molar-refractivity contribution in [3.8, 4) is 0 Å². The van der Waals surface area contributed by atoms with Crippen molar-refractivity contribution in [3.63, 3.8) is 0 Å². The zero-order chi connectivity index (χ0) is 15.9. The average molecular weight is 318 g/mol. The second-order valence-corrected chi connectivity index (χ2v) is 7.03. The highest BCUT2D eigenvalue weighted by atomic mass is 32.2. The lowest BCUT2D eigenvalue weighted by Crippen LogP contribution is -2.39. The van der Waals surface area contributed by atoms with Crippen LogP contribution in [0.3, 0.4) is 0 Å². The summed E-state index contributed by atoms with van der Waals surface area (Å²) < 4.78 is 32.5. The lowest BCUT2D eigenvalue weighted by atomic mass is 10.0. The predicted octanol–water partition coefficient (Wildman–Crippen LogP) is 1.46. The fraction of sp³-hybridized carbons (Fsp3) is 0.714. The first-order chi connectivity index (χ1) is 9.90. The number of furan rings is 1. The molecule has 7 heteroatoms. The largest absolute Gasteiger partial charge is 0.447 e. The van der Waals surface area contributed by atoms with Crippen molar-refractivity contribution in [3.05, 3.63) is 17.9 Å². The molecule has 1 atom stereocenters. The van der Waals surface area contributed by atoms with Gasteiger partial charge in [-0.1, -0.05) is 20.8 Å². The van der Waals surface area contributed by atoms with Crippen molar-refractivity contribution >= 4 is 10.0 Å². The summed E-state index contributed by atoms with van der Waals surface area (Å²) in [5.74, 6) is 0.680. The van der Waals surface area contributed by atoms with Crippen molar-refractivity contribution < 1.29 is 17.9 Å². The molecule has 0 aliphatic carbocycles. The van der Waals surface area contributed by atoms with Crippen molar-refractivity contribution in [2.24, 2.45) is 5.92 Å². The van der Waals surface area contributed by atoms with Gasteiger partial charge in [0.1, 0.15) is 5.76 Å². The van der Waals surface area contributed by atoms with Crippen LogP contribution in [0.15, 0.2) is 21.6 Å². The average Bonchev–Trinajstić information content (AvgIpc) is 2.88. The molecule has 0 spiro atoms. The van der Waals surface area contributed by atoms with Gasteiger partial charge in [0.2, 0.25) is 5.09 Å². The molecule has 3 N–H and O–H groups in total. The second kappa shape index (κ2) is 8.53. The first-order valence-corrected chi connectivity index (χ1v) is 8.81. The lowest BCUT2D eigenvalue weighted by Gasteiger charge is -2.20. The third-order valence-corrected chi connectivity index (χ3v) is 4.54. The van der Waals surface area contributed by atoms with Crippen molar-refractivity contribution in [1.29, 1.82) is 0 Å². The molecule has 1 heterocycles. The van der Waals surface area contributed by atoms with Gasteiger partial charge in [-0.05, 0) is 37.4 Å². The molecule has 1 rings (SSSR count). The summed E-state index contributed by atoms with van der Waals surface area (Å²) in [4.78, 5) is 0. The van der Waals surface area contributed by atoms with E-state index in [0.717, 1.165) is 13.0 Å². The Bertz CT molecular complexity index is 511. The first kappa shape index (κ1) is 18.2. The summed E-state index contributed by atoms with van der Waals surface area (Å²) in [5, 5.41) is 12.1. The molecule has 1 aromatic rings. The second-order valence-electron chi connectivity index (χ2n) is 5.38. The van der Waals surface area contributed by atoms with E-state index in [4.69, 9.17) is 9.52 Å². The van der Waals surface area contributed by atoms with Crippen LogP contribution in [0.25, 0.3) is 0 Å². The lowest BCUT2D eigenvalue weighted by molar-refractivity contribution is 0.255. The van der Waals surface area contributed by atoms with E-state index in [0.29, 0.717) is 18.7 Å². The van der Waals surface area contributed by atoms with E-state index in [2.05, 4.69) is 17.0 Å². The minimum Gasteiger partial charge on any atom is -0.447 e. The highest BCUT2D eigenvalue weighted by molar-refractivity contribution is 7.89. The van der Waals surface area contributed by atoms with Crippen LogP contribution in [0, 0.1) is 5.92 Å². The maximum absolute atomic E-state index is 12.3. The van der Waals surface area contributed by atoms with Crippen LogP contribution in [0.1, 0.15) is 39.4 Å². The first-order valence-electron chi connectivity index (χ1n) is 7.33. The van der Waals surface area contributed by atoms with E-state index in [1.165, 1.54) is 6.07 Å². The molecule has 122 valence electrons. The molecule has 0 saturated heterocycles. The molecule has 0 amide bonds. The van der Waals surface area contributed by atoms with Gasteiger partial charge in [-0.25, -0.2) is 13.1 Å². The van der Waals surface area contributed by atoms with Crippen LogP contribution in [0.4, 0.5) is 0 Å². The fourth-order valence-corrected chi connectivity index (χ4v) is 3.28. The number of nitrogens with one attached hydrogen (secondary N) is 2. The Hall–Kier alpha value is -0.890. The molecule has 1 unspecified atom stereocenters. The van der Waals surface area contributed by atoms with E-state index in [9.17, 15) is 8.42 Å². The van der Waals surface area contributed by atoms with Crippen LogP contribution >= 0.6 is 0 Å². The van der Waals surface area contributed by atoms with Crippen LogP contribution in [-0.2, 0) is 16.6 Å². The number of aliphatic hydroxyl groups excluding tert-OH is 1. The standard InChI is InChI=1S/C14H26N2O4S/c1-4-8-15-10-12-5-6-14(20-12)21(18,19)16-13(7-9-17)11(2)3/h5-6,11,13,15-17H,4,7-10H2,1-3H3. The third kappa shape index (κ3) is 5.78. The Kier molecular flexibility index (Phi) is 7.37. The van der Waals surface area contributed by atoms with Crippen molar-refractivity contribution in [2.45, 2.75) is 51.3 Å². The zero-order valence-electron chi connectivity index (χ0n) is 12.9. The summed E-state index contributed by atoms with van der Waals surface area (Å²) in [6.07, 6.45) is 1.38. The highest BCUT2D eigenvalue weighted by Gasteiger charge is 2.24. The van der Waals surface area contributed by atoms with Crippen LogP contribution in [0.5, 0.6) is 0 Å². The normalized spacial score (nSPS) is 13.8. The minimum absolute atomic E-state index is 0.0598. The van der Waals surface area contributed by atoms with E-state index in [-0.39, 0.29) is 23.7 Å². The van der Waals surface area contributed by atoms with Gasteiger partial charge in [-0.15, -0.1) is 0 Å². The summed E-state index contributed by atoms with van der Waals surface area (Å²) in [7, 11) is -3.69. The summed E-state index contributed by atoms with van der Waals surface area (Å²) in [5.41, 5.74) is 0. The Morgan fingerprint density at radius 1 is 1.33 bits per heavy atom. The third-order valence-electron chi connectivity index (χ3n) is 3.18. The predicted molar refractivity (Wildman–Crippen MR) is 81.4 cm³/mol.